The molecular weight excluding hydrogens is 218 g/mol. The Kier molecular flexibility index (Phi) is 2.97. The van der Waals surface area contributed by atoms with E-state index < -0.39 is 0 Å². The zero-order valence-corrected chi connectivity index (χ0v) is 10.2. The van der Waals surface area contributed by atoms with Crippen molar-refractivity contribution in [3.63, 3.8) is 0 Å². The van der Waals surface area contributed by atoms with Crippen LogP contribution in [0.15, 0.2) is 72.9 Å². The number of hydrogen-bond acceptors (Lipinski definition) is 0. The molecule has 0 spiro atoms. The first kappa shape index (κ1) is 10.8. The summed E-state index contributed by atoms with van der Waals surface area (Å²) in [5.74, 6) is 0. The Hall–Kier alpha value is -2.28. The number of nitrogens with zero attached hydrogens (tertiary/aromatic N) is 1. The van der Waals surface area contributed by atoms with Gasteiger partial charge in [-0.25, -0.2) is 0 Å². The summed E-state index contributed by atoms with van der Waals surface area (Å²) < 4.78 is 2.26. The maximum Gasteiger partial charge on any atom is 0.0483 e. The summed E-state index contributed by atoms with van der Waals surface area (Å²) in [6.45, 7) is 0.905. The van der Waals surface area contributed by atoms with E-state index in [0.717, 1.165) is 6.54 Å². The minimum absolute atomic E-state index is 0.905. The van der Waals surface area contributed by atoms with Crippen LogP contribution in [0.5, 0.6) is 0 Å². The van der Waals surface area contributed by atoms with Gasteiger partial charge in [-0.05, 0) is 23.1 Å². The fraction of sp³-hybridized carbons (Fsp3) is 0.0588. The lowest BCUT2D eigenvalue weighted by atomic mass is 10.2. The third kappa shape index (κ3) is 2.21. The second-order valence-corrected chi connectivity index (χ2v) is 4.34. The largest absolute Gasteiger partial charge is 0.344 e. The van der Waals surface area contributed by atoms with Crippen LogP contribution in [0.25, 0.3) is 17.0 Å². The topological polar surface area (TPSA) is 4.93 Å². The molecule has 88 valence electrons. The molecule has 1 heterocycles. The van der Waals surface area contributed by atoms with Crippen LogP contribution < -0.4 is 0 Å². The van der Waals surface area contributed by atoms with Gasteiger partial charge in [0.25, 0.3) is 0 Å². The number of allylic oxidation sites excluding steroid dienone is 1. The summed E-state index contributed by atoms with van der Waals surface area (Å²) in [6.07, 6.45) is 6.50. The number of para-hydroxylation sites is 1. The molecule has 18 heavy (non-hydrogen) atoms. The standard InChI is InChI=1S/C17H15N/c1-2-7-15(8-3-1)9-6-13-18-14-12-16-10-4-5-11-17(16)18/h1-12,14H,13H2/b9-6+. The van der Waals surface area contributed by atoms with Crippen molar-refractivity contribution in [1.82, 2.24) is 4.57 Å². The van der Waals surface area contributed by atoms with Crippen LogP contribution >= 0.6 is 0 Å². The molecule has 0 aliphatic rings. The lowest BCUT2D eigenvalue weighted by Gasteiger charge is -2.00. The van der Waals surface area contributed by atoms with Gasteiger partial charge in [-0.3, -0.25) is 0 Å². The Morgan fingerprint density at radius 1 is 0.833 bits per heavy atom. The second-order valence-electron chi connectivity index (χ2n) is 4.34. The smallest absolute Gasteiger partial charge is 0.0483 e. The molecule has 0 saturated heterocycles. The molecule has 1 nitrogen and oxygen atoms in total. The van der Waals surface area contributed by atoms with Crippen molar-refractivity contribution in [3.05, 3.63) is 78.5 Å². The average molecular weight is 233 g/mol. The number of fused-ring (bicyclic) bond motifs is 1. The summed E-state index contributed by atoms with van der Waals surface area (Å²) in [5, 5.41) is 1.30. The quantitative estimate of drug-likeness (QED) is 0.633. The molecule has 0 saturated carbocycles. The first-order chi connectivity index (χ1) is 8.93. The van der Waals surface area contributed by atoms with Crippen molar-refractivity contribution < 1.29 is 0 Å². The normalized spacial score (nSPS) is 11.3. The van der Waals surface area contributed by atoms with Crippen LogP contribution in [-0.4, -0.2) is 4.57 Å². The minimum atomic E-state index is 0.905. The van der Waals surface area contributed by atoms with Gasteiger partial charge in [0.2, 0.25) is 0 Å². The Labute approximate surface area is 107 Å². The third-order valence-electron chi connectivity index (χ3n) is 3.09. The number of benzene rings is 2. The first-order valence-electron chi connectivity index (χ1n) is 6.19. The summed E-state index contributed by atoms with van der Waals surface area (Å²) in [7, 11) is 0. The van der Waals surface area contributed by atoms with Crippen molar-refractivity contribution in [3.8, 4) is 0 Å². The fourth-order valence-corrected chi connectivity index (χ4v) is 2.17. The van der Waals surface area contributed by atoms with Crippen LogP contribution in [0.4, 0.5) is 0 Å². The van der Waals surface area contributed by atoms with Gasteiger partial charge >= 0.3 is 0 Å². The highest BCUT2D eigenvalue weighted by molar-refractivity contribution is 5.80. The van der Waals surface area contributed by atoms with Crippen molar-refractivity contribution in [2.45, 2.75) is 6.54 Å². The summed E-state index contributed by atoms with van der Waals surface area (Å²) in [6, 6.07) is 21.0. The summed E-state index contributed by atoms with van der Waals surface area (Å²) >= 11 is 0. The predicted molar refractivity (Wildman–Crippen MR) is 77.4 cm³/mol. The predicted octanol–water partition coefficient (Wildman–Crippen LogP) is 4.35. The van der Waals surface area contributed by atoms with Crippen molar-refractivity contribution >= 4 is 17.0 Å². The molecule has 0 amide bonds. The Balaban J connectivity index is 1.79. The fourth-order valence-electron chi connectivity index (χ4n) is 2.17. The number of rotatable bonds is 3. The molecule has 0 aliphatic carbocycles. The molecule has 0 unspecified atom stereocenters. The molecule has 0 atom stereocenters. The molecule has 2 aromatic carbocycles. The maximum atomic E-state index is 2.26. The minimum Gasteiger partial charge on any atom is -0.344 e. The van der Waals surface area contributed by atoms with Crippen LogP contribution in [0.1, 0.15) is 5.56 Å². The summed E-state index contributed by atoms with van der Waals surface area (Å²) in [4.78, 5) is 0. The van der Waals surface area contributed by atoms with Gasteiger partial charge in [0, 0.05) is 18.3 Å². The van der Waals surface area contributed by atoms with Crippen molar-refractivity contribution in [2.24, 2.45) is 0 Å². The van der Waals surface area contributed by atoms with Gasteiger partial charge in [-0.2, -0.15) is 0 Å². The van der Waals surface area contributed by atoms with E-state index in [2.05, 4.69) is 77.5 Å². The van der Waals surface area contributed by atoms with Gasteiger partial charge in [0.15, 0.2) is 0 Å². The lowest BCUT2D eigenvalue weighted by Crippen LogP contribution is -1.91. The van der Waals surface area contributed by atoms with E-state index in [-0.39, 0.29) is 0 Å². The zero-order valence-electron chi connectivity index (χ0n) is 10.2. The van der Waals surface area contributed by atoms with Crippen molar-refractivity contribution in [1.29, 1.82) is 0 Å². The second kappa shape index (κ2) is 4.92. The highest BCUT2D eigenvalue weighted by Gasteiger charge is 1.96. The molecule has 0 aliphatic heterocycles. The molecule has 0 fully saturated rings. The first-order valence-corrected chi connectivity index (χ1v) is 6.19. The monoisotopic (exact) mass is 233 g/mol. The van der Waals surface area contributed by atoms with Crippen LogP contribution in [0, 0.1) is 0 Å². The van der Waals surface area contributed by atoms with Gasteiger partial charge in [0.05, 0.1) is 0 Å². The van der Waals surface area contributed by atoms with Gasteiger partial charge < -0.3 is 4.57 Å². The number of aromatic nitrogens is 1. The molecular formula is C17H15N. The van der Waals surface area contributed by atoms with E-state index in [1.165, 1.54) is 16.5 Å². The SMILES string of the molecule is C(=C\c1ccccc1)/Cn1ccc2ccccc21. The zero-order chi connectivity index (χ0) is 12.2. The van der Waals surface area contributed by atoms with E-state index in [4.69, 9.17) is 0 Å². The van der Waals surface area contributed by atoms with E-state index in [0.29, 0.717) is 0 Å². The van der Waals surface area contributed by atoms with E-state index >= 15 is 0 Å². The molecule has 1 heteroatoms. The maximum absolute atomic E-state index is 2.26. The van der Waals surface area contributed by atoms with Gasteiger partial charge in [-0.1, -0.05) is 60.7 Å². The third-order valence-corrected chi connectivity index (χ3v) is 3.09. The highest BCUT2D eigenvalue weighted by Crippen LogP contribution is 2.15. The highest BCUT2D eigenvalue weighted by atomic mass is 14.9. The molecule has 3 aromatic rings. The van der Waals surface area contributed by atoms with E-state index in [9.17, 15) is 0 Å². The van der Waals surface area contributed by atoms with Crippen LogP contribution in [0.2, 0.25) is 0 Å². The molecule has 3 rings (SSSR count). The molecule has 0 N–H and O–H groups in total. The van der Waals surface area contributed by atoms with Crippen molar-refractivity contribution in [2.75, 3.05) is 0 Å². The molecule has 0 radical (unpaired) electrons. The van der Waals surface area contributed by atoms with Crippen LogP contribution in [0.3, 0.4) is 0 Å². The summed E-state index contributed by atoms with van der Waals surface area (Å²) in [5.41, 5.74) is 2.53. The Morgan fingerprint density at radius 3 is 2.50 bits per heavy atom. The van der Waals surface area contributed by atoms with Gasteiger partial charge in [0.1, 0.15) is 0 Å². The van der Waals surface area contributed by atoms with E-state index in [1.807, 2.05) is 6.07 Å². The Morgan fingerprint density at radius 2 is 1.61 bits per heavy atom. The molecule has 1 aromatic heterocycles. The van der Waals surface area contributed by atoms with E-state index in [1.54, 1.807) is 0 Å². The average Bonchev–Trinajstić information content (AvgIpc) is 2.84. The van der Waals surface area contributed by atoms with Crippen LogP contribution in [-0.2, 0) is 6.54 Å². The number of hydrogen-bond donors (Lipinski definition) is 0. The molecule has 0 bridgehead atoms. The Bertz CT molecular complexity index is 662. The lowest BCUT2D eigenvalue weighted by molar-refractivity contribution is 0.866. The van der Waals surface area contributed by atoms with Gasteiger partial charge in [-0.15, -0.1) is 0 Å².